The maximum atomic E-state index is 12.7. The molecule has 0 amide bonds. The molecular formula is C39H42O9S. The summed E-state index contributed by atoms with van der Waals surface area (Å²) < 4.78 is 43.3. The number of aliphatic hydroxyl groups is 1. The zero-order valence-corrected chi connectivity index (χ0v) is 28.4. The minimum absolute atomic E-state index is 0.154. The van der Waals surface area contributed by atoms with Crippen molar-refractivity contribution in [1.82, 2.24) is 0 Å². The van der Waals surface area contributed by atoms with Gasteiger partial charge in [-0.2, -0.15) is 0 Å². The van der Waals surface area contributed by atoms with Gasteiger partial charge in [-0.05, 0) is 42.3 Å². The first-order valence-corrected chi connectivity index (χ1v) is 17.3. The van der Waals surface area contributed by atoms with Crippen LogP contribution in [-0.2, 0) is 46.4 Å². The lowest BCUT2D eigenvalue weighted by Crippen LogP contribution is -2.44. The van der Waals surface area contributed by atoms with Gasteiger partial charge in [-0.1, -0.05) is 96.6 Å². The van der Waals surface area contributed by atoms with Crippen LogP contribution in [0.25, 0.3) is 0 Å². The highest BCUT2D eigenvalue weighted by molar-refractivity contribution is 8.00. The predicted molar refractivity (Wildman–Crippen MR) is 184 cm³/mol. The summed E-state index contributed by atoms with van der Waals surface area (Å²) in [4.78, 5) is 13.7. The number of benzene rings is 4. The number of carbonyl (C=O) groups is 1. The van der Waals surface area contributed by atoms with Gasteiger partial charge in [0.25, 0.3) is 0 Å². The van der Waals surface area contributed by atoms with E-state index in [0.29, 0.717) is 18.8 Å². The Morgan fingerprint density at radius 1 is 0.735 bits per heavy atom. The van der Waals surface area contributed by atoms with Crippen molar-refractivity contribution in [3.05, 3.63) is 138 Å². The molecule has 4 aromatic carbocycles. The number of aryl methyl sites for hydroxylation is 1. The number of carbonyl (C=O) groups excluding carboxylic acids is 1. The fourth-order valence-electron chi connectivity index (χ4n) is 5.81. The zero-order valence-electron chi connectivity index (χ0n) is 27.5. The molecule has 6 rings (SSSR count). The summed E-state index contributed by atoms with van der Waals surface area (Å²) in [5.74, 6) is -0.500. The molecule has 9 nitrogen and oxygen atoms in total. The van der Waals surface area contributed by atoms with E-state index in [1.165, 1.54) is 11.8 Å². The highest BCUT2D eigenvalue weighted by Crippen LogP contribution is 2.39. The van der Waals surface area contributed by atoms with Crippen LogP contribution in [0, 0.1) is 6.92 Å². The third kappa shape index (κ3) is 9.36. The molecule has 0 spiro atoms. The summed E-state index contributed by atoms with van der Waals surface area (Å²) in [6.45, 7) is 2.83. The van der Waals surface area contributed by atoms with Gasteiger partial charge >= 0.3 is 5.97 Å². The molecule has 0 aliphatic carbocycles. The van der Waals surface area contributed by atoms with Gasteiger partial charge in [0.05, 0.1) is 30.6 Å². The fourth-order valence-corrected chi connectivity index (χ4v) is 6.98. The van der Waals surface area contributed by atoms with Crippen molar-refractivity contribution in [1.29, 1.82) is 0 Å². The molecular weight excluding hydrogens is 644 g/mol. The zero-order chi connectivity index (χ0) is 34.0. The standard InChI is InChI=1S/C39H42O9S/c1-26-18-20-30(21-19-26)49-36-33(40)31(25-45-37(41)29-16-10-5-11-17-29)46-39(36)48-35-34(44-23-28-14-8-4-9-15-28)32(47-38(35)42-2)24-43-22-27-12-6-3-7-13-27/h3-21,31-36,38-40H,22-25H2,1-2H3/t31-,32-,33+,34-,35+,36-,38+,39+/m1/s1. The van der Waals surface area contributed by atoms with Gasteiger partial charge in [-0.25, -0.2) is 4.79 Å². The van der Waals surface area contributed by atoms with Crippen molar-refractivity contribution >= 4 is 17.7 Å². The van der Waals surface area contributed by atoms with Crippen LogP contribution in [0.1, 0.15) is 27.0 Å². The van der Waals surface area contributed by atoms with E-state index in [9.17, 15) is 9.90 Å². The molecule has 0 unspecified atom stereocenters. The van der Waals surface area contributed by atoms with E-state index in [1.54, 1.807) is 31.4 Å². The van der Waals surface area contributed by atoms with E-state index in [0.717, 1.165) is 21.6 Å². The number of hydrogen-bond acceptors (Lipinski definition) is 10. The van der Waals surface area contributed by atoms with Crippen LogP contribution in [0.4, 0.5) is 0 Å². The Morgan fingerprint density at radius 3 is 2.00 bits per heavy atom. The van der Waals surface area contributed by atoms with Crippen molar-refractivity contribution in [2.75, 3.05) is 20.3 Å². The second-order valence-electron chi connectivity index (χ2n) is 12.0. The highest BCUT2D eigenvalue weighted by atomic mass is 32.2. The number of ether oxygens (including phenoxy) is 7. The lowest BCUT2D eigenvalue weighted by molar-refractivity contribution is -0.228. The Bertz CT molecular complexity index is 1570. The normalized spacial score (nSPS) is 26.5. The van der Waals surface area contributed by atoms with Crippen LogP contribution in [0.5, 0.6) is 0 Å². The van der Waals surface area contributed by atoms with Crippen molar-refractivity contribution < 1.29 is 43.1 Å². The quantitative estimate of drug-likeness (QED) is 0.151. The lowest BCUT2D eigenvalue weighted by atomic mass is 10.1. The monoisotopic (exact) mass is 686 g/mol. The van der Waals surface area contributed by atoms with E-state index >= 15 is 0 Å². The van der Waals surface area contributed by atoms with Crippen molar-refractivity contribution in [2.24, 2.45) is 0 Å². The van der Waals surface area contributed by atoms with E-state index in [1.807, 2.05) is 97.9 Å². The molecule has 1 N–H and O–H groups in total. The number of esters is 1. The van der Waals surface area contributed by atoms with Crippen molar-refractivity contribution in [3.8, 4) is 0 Å². The minimum Gasteiger partial charge on any atom is -0.459 e. The fraction of sp³-hybridized carbons (Fsp3) is 0.359. The average molecular weight is 687 g/mol. The SMILES string of the molecule is CO[C@H]1O[C@H](COCc2ccccc2)[C@@H](OCc2ccccc2)[C@@H]1O[C@@H]1O[C@H](COC(=O)c2ccccc2)[C@H](O)[C@H]1Sc1ccc(C)cc1. The summed E-state index contributed by atoms with van der Waals surface area (Å²) in [5.41, 5.74) is 3.57. The second kappa shape index (κ2) is 17.4. The van der Waals surface area contributed by atoms with Gasteiger partial charge in [0.1, 0.15) is 37.1 Å². The molecule has 2 fully saturated rings. The second-order valence-corrected chi connectivity index (χ2v) is 13.3. The third-order valence-corrected chi connectivity index (χ3v) is 9.76. The molecule has 4 aromatic rings. The first kappa shape index (κ1) is 35.3. The third-order valence-electron chi connectivity index (χ3n) is 8.45. The van der Waals surface area contributed by atoms with E-state index in [-0.39, 0.29) is 13.2 Å². The highest BCUT2D eigenvalue weighted by Gasteiger charge is 2.52. The van der Waals surface area contributed by atoms with E-state index < -0.39 is 54.3 Å². The minimum atomic E-state index is -1.02. The summed E-state index contributed by atoms with van der Waals surface area (Å²) in [6, 6.07) is 36.5. The maximum Gasteiger partial charge on any atom is 0.338 e. The molecule has 0 bridgehead atoms. The Balaban J connectivity index is 1.20. The Hall–Kier alpha value is -3.58. The largest absolute Gasteiger partial charge is 0.459 e. The summed E-state index contributed by atoms with van der Waals surface area (Å²) in [7, 11) is 1.55. The number of thioether (sulfide) groups is 1. The average Bonchev–Trinajstić information content (AvgIpc) is 3.63. The topological polar surface area (TPSA) is 102 Å². The van der Waals surface area contributed by atoms with Gasteiger partial charge < -0.3 is 38.3 Å². The smallest absolute Gasteiger partial charge is 0.338 e. The molecule has 10 heteroatoms. The van der Waals surface area contributed by atoms with Crippen LogP contribution in [0.15, 0.2) is 120 Å². The van der Waals surface area contributed by atoms with E-state index in [4.69, 9.17) is 33.2 Å². The van der Waals surface area contributed by atoms with Crippen molar-refractivity contribution in [3.63, 3.8) is 0 Å². The molecule has 2 aliphatic heterocycles. The number of rotatable bonds is 15. The predicted octanol–water partition coefficient (Wildman–Crippen LogP) is 5.96. The lowest BCUT2D eigenvalue weighted by Gasteiger charge is -2.29. The molecule has 49 heavy (non-hydrogen) atoms. The van der Waals surface area contributed by atoms with Crippen LogP contribution in [0.2, 0.25) is 0 Å². The first-order valence-electron chi connectivity index (χ1n) is 16.4. The van der Waals surface area contributed by atoms with Crippen LogP contribution in [0.3, 0.4) is 0 Å². The summed E-state index contributed by atoms with van der Waals surface area (Å²) in [5, 5.41) is 11.0. The van der Waals surface area contributed by atoms with Gasteiger partial charge in [0.15, 0.2) is 12.6 Å². The summed E-state index contributed by atoms with van der Waals surface area (Å²) in [6.07, 6.45) is -5.41. The van der Waals surface area contributed by atoms with Crippen LogP contribution >= 0.6 is 11.8 Å². The van der Waals surface area contributed by atoms with Gasteiger partial charge in [-0.15, -0.1) is 11.8 Å². The number of aliphatic hydroxyl groups excluding tert-OH is 1. The van der Waals surface area contributed by atoms with Crippen LogP contribution < -0.4 is 0 Å². The summed E-state index contributed by atoms with van der Waals surface area (Å²) >= 11 is 1.44. The Labute approximate surface area is 291 Å². The van der Waals surface area contributed by atoms with E-state index in [2.05, 4.69) is 0 Å². The Morgan fingerprint density at radius 2 is 1.35 bits per heavy atom. The Kier molecular flexibility index (Phi) is 12.5. The molecule has 0 radical (unpaired) electrons. The maximum absolute atomic E-state index is 12.7. The number of methoxy groups -OCH3 is 1. The molecule has 2 heterocycles. The molecule has 0 aromatic heterocycles. The van der Waals surface area contributed by atoms with Gasteiger partial charge in [0.2, 0.25) is 0 Å². The first-order chi connectivity index (χ1) is 24.0. The molecule has 2 saturated heterocycles. The van der Waals surface area contributed by atoms with Gasteiger partial charge in [0, 0.05) is 12.0 Å². The van der Waals surface area contributed by atoms with Crippen molar-refractivity contribution in [2.45, 2.75) is 73.4 Å². The molecule has 8 atom stereocenters. The molecule has 258 valence electrons. The van der Waals surface area contributed by atoms with Gasteiger partial charge in [-0.3, -0.25) is 0 Å². The molecule has 0 saturated carbocycles. The van der Waals surface area contributed by atoms with Crippen LogP contribution in [-0.4, -0.2) is 79.7 Å². The number of hydrogen-bond donors (Lipinski definition) is 1. The molecule has 2 aliphatic rings.